The van der Waals surface area contributed by atoms with Gasteiger partial charge in [0.05, 0.1) is 32.0 Å². The Morgan fingerprint density at radius 3 is 2.15 bits per heavy atom. The second-order valence-electron chi connectivity index (χ2n) is 14.9. The van der Waals surface area contributed by atoms with Crippen LogP contribution in [0.5, 0.6) is 0 Å². The smallest absolute Gasteiger partial charge is 0.462 e. The Morgan fingerprint density at radius 2 is 1.48 bits per heavy atom. The maximum Gasteiger partial charge on any atom is 0.472 e. The number of carbonyl (C=O) groups excluding carboxylic acids is 3. The van der Waals surface area contributed by atoms with Gasteiger partial charge >= 0.3 is 19.8 Å². The van der Waals surface area contributed by atoms with Crippen LogP contribution in [0.2, 0.25) is 0 Å². The van der Waals surface area contributed by atoms with Crippen molar-refractivity contribution in [1.82, 2.24) is 0 Å². The quantitative estimate of drug-likeness (QED) is 0.0204. The minimum atomic E-state index is -4.68. The maximum atomic E-state index is 12.6. The number of rotatable bonds is 33. The molecule has 5 N–H and O–H groups in total. The summed E-state index contributed by atoms with van der Waals surface area (Å²) in [5.41, 5.74) is 0. The number of aliphatic hydroxyl groups excluding tert-OH is 4. The van der Waals surface area contributed by atoms with Crippen molar-refractivity contribution in [2.45, 2.75) is 167 Å². The molecule has 13 nitrogen and oxygen atoms in total. The molecule has 0 aromatic heterocycles. The molecule has 0 saturated heterocycles. The zero-order valence-electron chi connectivity index (χ0n) is 33.1. The first-order chi connectivity index (χ1) is 25.8. The summed E-state index contributed by atoms with van der Waals surface area (Å²) in [5, 5.41) is 39.0. The summed E-state index contributed by atoms with van der Waals surface area (Å²) in [4.78, 5) is 47.5. The molecule has 0 heterocycles. The van der Waals surface area contributed by atoms with Crippen LogP contribution in [0.3, 0.4) is 0 Å². The normalized spacial score (nSPS) is 20.5. The second kappa shape index (κ2) is 30.2. The Kier molecular flexibility index (Phi) is 28.0. The van der Waals surface area contributed by atoms with Crippen LogP contribution in [0.15, 0.2) is 24.3 Å². The number of carbonyl (C=O) groups is 3. The number of hydrogen-bond acceptors (Lipinski definition) is 12. The van der Waals surface area contributed by atoms with E-state index in [4.69, 9.17) is 19.1 Å². The molecule has 14 heteroatoms. The molecule has 54 heavy (non-hydrogen) atoms. The predicted octanol–water partition coefficient (Wildman–Crippen LogP) is 6.67. The standard InChI is InChI=1S/C40H71O13P/c1-4-5-14-20-32(42)24-25-36-35(37(44)26-38(36)45)21-16-12-13-17-22-39(46)50-29-34(30-52-54(48,49)51-28-33(43)27-41)53-40(47)23-18-11-9-7-6-8-10-15-19-31(2)3/h12,16,24-25,31-37,41-44H,4-11,13-15,17-23,26-30H2,1-3H3,(H,48,49)/b16-12-,25-24+/t32-,33-,34+,35+,36+,37-/m0/s1. The summed E-state index contributed by atoms with van der Waals surface area (Å²) in [6, 6.07) is 0. The zero-order valence-corrected chi connectivity index (χ0v) is 34.0. The lowest BCUT2D eigenvalue weighted by atomic mass is 9.90. The molecule has 0 amide bonds. The number of Topliss-reactive ketones (excluding diaryl/α,β-unsaturated/α-hetero) is 1. The minimum Gasteiger partial charge on any atom is -0.462 e. The summed E-state index contributed by atoms with van der Waals surface area (Å²) in [6.07, 6.45) is 18.3. The van der Waals surface area contributed by atoms with Crippen molar-refractivity contribution in [3.8, 4) is 0 Å². The Bertz CT molecular complexity index is 1130. The van der Waals surface area contributed by atoms with Gasteiger partial charge in [-0.05, 0) is 38.0 Å². The average molecular weight is 791 g/mol. The number of esters is 2. The van der Waals surface area contributed by atoms with E-state index < -0.39 is 76.5 Å². The number of hydrogen-bond donors (Lipinski definition) is 5. The molecule has 1 aliphatic rings. The van der Waals surface area contributed by atoms with E-state index in [9.17, 15) is 39.2 Å². The van der Waals surface area contributed by atoms with Gasteiger partial charge in [0.25, 0.3) is 0 Å². The monoisotopic (exact) mass is 790 g/mol. The molecule has 1 aliphatic carbocycles. The van der Waals surface area contributed by atoms with Crippen LogP contribution in [-0.4, -0.2) is 93.9 Å². The minimum absolute atomic E-state index is 0.0431. The Balaban J connectivity index is 2.52. The molecule has 1 rings (SSSR count). The summed E-state index contributed by atoms with van der Waals surface area (Å²) >= 11 is 0. The number of phosphoric acid groups is 1. The van der Waals surface area contributed by atoms with Crippen molar-refractivity contribution in [3.05, 3.63) is 24.3 Å². The highest BCUT2D eigenvalue weighted by Crippen LogP contribution is 2.43. The summed E-state index contributed by atoms with van der Waals surface area (Å²) in [5.74, 6) is -1.17. The fourth-order valence-electron chi connectivity index (χ4n) is 6.16. The zero-order chi connectivity index (χ0) is 40.2. The van der Waals surface area contributed by atoms with E-state index in [0.717, 1.165) is 44.4 Å². The topological polar surface area (TPSA) is 206 Å². The number of aliphatic hydroxyl groups is 4. The second-order valence-corrected chi connectivity index (χ2v) is 16.4. The Hall–Kier alpha value is -1.96. The van der Waals surface area contributed by atoms with Gasteiger partial charge in [-0.1, -0.05) is 116 Å². The summed E-state index contributed by atoms with van der Waals surface area (Å²) in [6.45, 7) is 4.21. The van der Waals surface area contributed by atoms with Gasteiger partial charge < -0.3 is 34.8 Å². The van der Waals surface area contributed by atoms with Crippen molar-refractivity contribution in [1.29, 1.82) is 0 Å². The van der Waals surface area contributed by atoms with E-state index >= 15 is 0 Å². The predicted molar refractivity (Wildman–Crippen MR) is 206 cm³/mol. The Labute approximate surface area is 323 Å². The van der Waals surface area contributed by atoms with E-state index in [1.807, 2.05) is 12.2 Å². The molecule has 0 radical (unpaired) electrons. The van der Waals surface area contributed by atoms with Crippen LogP contribution in [-0.2, 0) is 37.5 Å². The largest absolute Gasteiger partial charge is 0.472 e. The third-order valence-corrected chi connectivity index (χ3v) is 10.4. The van der Waals surface area contributed by atoms with E-state index in [1.165, 1.54) is 32.1 Å². The first kappa shape index (κ1) is 50.1. The highest BCUT2D eigenvalue weighted by Gasteiger charge is 2.39. The molecule has 0 aromatic rings. The van der Waals surface area contributed by atoms with Crippen molar-refractivity contribution < 1.29 is 62.8 Å². The van der Waals surface area contributed by atoms with E-state index in [-0.39, 0.29) is 31.0 Å². The lowest BCUT2D eigenvalue weighted by Crippen LogP contribution is -2.29. The van der Waals surface area contributed by atoms with Crippen LogP contribution in [0.1, 0.15) is 143 Å². The van der Waals surface area contributed by atoms with Crippen LogP contribution >= 0.6 is 7.82 Å². The van der Waals surface area contributed by atoms with Crippen molar-refractivity contribution in [2.24, 2.45) is 17.8 Å². The van der Waals surface area contributed by atoms with Gasteiger partial charge in [-0.2, -0.15) is 0 Å². The van der Waals surface area contributed by atoms with Crippen molar-refractivity contribution >= 4 is 25.5 Å². The molecule has 0 aromatic carbocycles. The van der Waals surface area contributed by atoms with Crippen LogP contribution in [0, 0.1) is 17.8 Å². The number of ketones is 1. The maximum absolute atomic E-state index is 12.6. The molecule has 7 atom stereocenters. The van der Waals surface area contributed by atoms with Crippen molar-refractivity contribution in [2.75, 3.05) is 26.4 Å². The number of unbranched alkanes of at least 4 members (excludes halogenated alkanes) is 10. The molecule has 314 valence electrons. The average Bonchev–Trinajstić information content (AvgIpc) is 3.40. The molecule has 1 unspecified atom stereocenters. The third-order valence-electron chi connectivity index (χ3n) is 9.41. The molecule has 1 saturated carbocycles. The summed E-state index contributed by atoms with van der Waals surface area (Å²) < 4.78 is 32.5. The fourth-order valence-corrected chi connectivity index (χ4v) is 6.95. The Morgan fingerprint density at radius 1 is 0.852 bits per heavy atom. The number of ether oxygens (including phenoxy) is 2. The molecule has 0 spiro atoms. The molecular formula is C40H71O13P. The first-order valence-corrected chi connectivity index (χ1v) is 21.7. The van der Waals surface area contributed by atoms with Gasteiger partial charge in [0.2, 0.25) is 0 Å². The SMILES string of the molecule is CCCCC[C@H](O)/C=C/[C@H]1C(=O)C[C@H](O)[C@@H]1C/C=C\CCCC(=O)OC[C@H](COP(=O)(O)OC[C@@H](O)CO)OC(=O)CCCCCCCCCCC(C)C. The fraction of sp³-hybridized carbons (Fsp3) is 0.825. The molecule has 1 fully saturated rings. The van der Waals surface area contributed by atoms with Gasteiger partial charge in [0.1, 0.15) is 18.5 Å². The highest BCUT2D eigenvalue weighted by molar-refractivity contribution is 7.47. The van der Waals surface area contributed by atoms with E-state index in [1.54, 1.807) is 12.2 Å². The first-order valence-electron chi connectivity index (χ1n) is 20.3. The third kappa shape index (κ3) is 25.2. The van der Waals surface area contributed by atoms with Crippen LogP contribution < -0.4 is 0 Å². The van der Waals surface area contributed by atoms with Gasteiger partial charge in [0, 0.05) is 31.1 Å². The van der Waals surface area contributed by atoms with Gasteiger partial charge in [0.15, 0.2) is 6.10 Å². The molecule has 0 bridgehead atoms. The van der Waals surface area contributed by atoms with E-state index in [2.05, 4.69) is 25.3 Å². The van der Waals surface area contributed by atoms with Gasteiger partial charge in [-0.3, -0.25) is 23.4 Å². The lowest BCUT2D eigenvalue weighted by Gasteiger charge is -2.20. The van der Waals surface area contributed by atoms with Crippen molar-refractivity contribution in [3.63, 3.8) is 0 Å². The van der Waals surface area contributed by atoms with Crippen LogP contribution in [0.4, 0.5) is 0 Å². The van der Waals surface area contributed by atoms with E-state index in [0.29, 0.717) is 32.1 Å². The molecule has 0 aliphatic heterocycles. The van der Waals surface area contributed by atoms with Gasteiger partial charge in [-0.25, -0.2) is 4.57 Å². The summed E-state index contributed by atoms with van der Waals surface area (Å²) in [7, 11) is -4.68. The lowest BCUT2D eigenvalue weighted by molar-refractivity contribution is -0.161. The van der Waals surface area contributed by atoms with Gasteiger partial charge in [-0.15, -0.1) is 0 Å². The highest BCUT2D eigenvalue weighted by atomic mass is 31.2. The number of allylic oxidation sites excluding steroid dienone is 3. The molecular weight excluding hydrogens is 719 g/mol. The van der Waals surface area contributed by atoms with Crippen LogP contribution in [0.25, 0.3) is 0 Å². The number of phosphoric ester groups is 1.